The first-order valence-corrected chi connectivity index (χ1v) is 13.0. The number of piperidine rings is 3. The molecule has 0 amide bonds. The summed E-state index contributed by atoms with van der Waals surface area (Å²) in [6, 6.07) is 12.8. The molecule has 0 aliphatic carbocycles. The molecule has 2 aromatic rings. The molecule has 1 aromatic carbocycles. The summed E-state index contributed by atoms with van der Waals surface area (Å²) in [6.45, 7) is 9.60. The quantitative estimate of drug-likeness (QED) is 0.556. The fourth-order valence-electron chi connectivity index (χ4n) is 5.92. The van der Waals surface area contributed by atoms with Gasteiger partial charge < -0.3 is 24.7 Å². The molecule has 1 aromatic heterocycles. The molecule has 1 unspecified atom stereocenters. The van der Waals surface area contributed by atoms with E-state index in [9.17, 15) is 0 Å². The van der Waals surface area contributed by atoms with Crippen LogP contribution >= 0.6 is 12.2 Å². The van der Waals surface area contributed by atoms with Crippen LogP contribution < -0.4 is 20.3 Å². The molecule has 6 rings (SSSR count). The highest BCUT2D eigenvalue weighted by Gasteiger charge is 2.40. The maximum atomic E-state index is 5.57. The van der Waals surface area contributed by atoms with Gasteiger partial charge in [-0.2, -0.15) is 0 Å². The van der Waals surface area contributed by atoms with E-state index in [0.717, 1.165) is 56.1 Å². The van der Waals surface area contributed by atoms with Gasteiger partial charge in [0.1, 0.15) is 11.5 Å². The molecule has 4 aliphatic rings. The van der Waals surface area contributed by atoms with Gasteiger partial charge in [-0.15, -0.1) is 0 Å². The number of nitrogens with zero attached hydrogens (tertiary/aromatic N) is 3. The van der Waals surface area contributed by atoms with Gasteiger partial charge in [0, 0.05) is 51.9 Å². The largest absolute Gasteiger partial charge is 0.495 e. The number of para-hydroxylation sites is 2. The van der Waals surface area contributed by atoms with Crippen LogP contribution in [-0.4, -0.2) is 80.4 Å². The molecule has 0 saturated carbocycles. The Morgan fingerprint density at radius 3 is 2.68 bits per heavy atom. The molecule has 4 saturated heterocycles. The lowest BCUT2D eigenvalue weighted by Gasteiger charge is -2.51. The Kier molecular flexibility index (Phi) is 7.57. The Hall–Kier alpha value is -2.29. The number of fused-ring (bicyclic) bond motifs is 3. The van der Waals surface area contributed by atoms with Crippen molar-refractivity contribution in [1.29, 1.82) is 0 Å². The summed E-state index contributed by atoms with van der Waals surface area (Å²) in [5.74, 6) is 3.49. The summed E-state index contributed by atoms with van der Waals surface area (Å²) < 4.78 is 10.9. The van der Waals surface area contributed by atoms with E-state index >= 15 is 0 Å². The topological polar surface area (TPSA) is 56.2 Å². The first-order chi connectivity index (χ1) is 16.7. The van der Waals surface area contributed by atoms with Crippen LogP contribution in [-0.2, 0) is 6.54 Å². The molecular formula is C26H37N5O2S. The summed E-state index contributed by atoms with van der Waals surface area (Å²) in [6.07, 6.45) is 4.31. The van der Waals surface area contributed by atoms with Gasteiger partial charge in [-0.3, -0.25) is 9.80 Å². The SMILES string of the molecule is COc1ccccc1N1CCN(C[C@@H]2CN3CC[C@H]2C[C@@H]3CNC(=S)NCc2ccco2)CC1. The maximum Gasteiger partial charge on any atom is 0.166 e. The monoisotopic (exact) mass is 483 g/mol. The smallest absolute Gasteiger partial charge is 0.166 e. The fourth-order valence-corrected chi connectivity index (χ4v) is 6.07. The highest BCUT2D eigenvalue weighted by atomic mass is 32.1. The standard InChI is InChI=1S/C26H37N5O2S/c1-32-25-7-3-2-6-24(25)30-12-10-29(11-13-30)18-21-19-31-9-8-20(21)15-22(31)16-27-26(34)28-17-23-5-4-14-33-23/h2-7,14,20-22H,8-13,15-19H2,1H3,(H2,27,28,34)/t20-,21+,22+/m0/s1. The molecule has 5 heterocycles. The molecular weight excluding hydrogens is 446 g/mol. The van der Waals surface area contributed by atoms with E-state index in [1.165, 1.54) is 38.2 Å². The first-order valence-electron chi connectivity index (χ1n) is 12.6. The van der Waals surface area contributed by atoms with Gasteiger partial charge in [-0.25, -0.2) is 0 Å². The zero-order chi connectivity index (χ0) is 23.3. The summed E-state index contributed by atoms with van der Waals surface area (Å²) >= 11 is 5.47. The second kappa shape index (κ2) is 11.0. The summed E-state index contributed by atoms with van der Waals surface area (Å²) in [7, 11) is 1.76. The molecule has 4 aliphatic heterocycles. The highest BCUT2D eigenvalue weighted by molar-refractivity contribution is 7.80. The van der Waals surface area contributed by atoms with Crippen molar-refractivity contribution in [2.75, 3.05) is 64.4 Å². The van der Waals surface area contributed by atoms with Crippen LogP contribution in [0.3, 0.4) is 0 Å². The number of thiocarbonyl (C=S) groups is 1. The van der Waals surface area contributed by atoms with E-state index in [4.69, 9.17) is 21.4 Å². The first kappa shape index (κ1) is 23.5. The predicted molar refractivity (Wildman–Crippen MR) is 139 cm³/mol. The van der Waals surface area contributed by atoms with Crippen LogP contribution in [0, 0.1) is 11.8 Å². The Labute approximate surface area is 208 Å². The number of anilines is 1. The van der Waals surface area contributed by atoms with Crippen LogP contribution in [0.15, 0.2) is 47.1 Å². The third-order valence-corrected chi connectivity index (χ3v) is 8.10. The zero-order valence-corrected chi connectivity index (χ0v) is 20.9. The van der Waals surface area contributed by atoms with Crippen molar-refractivity contribution in [3.63, 3.8) is 0 Å². The van der Waals surface area contributed by atoms with Gasteiger partial charge in [0.15, 0.2) is 5.11 Å². The van der Waals surface area contributed by atoms with Crippen molar-refractivity contribution in [2.45, 2.75) is 25.4 Å². The molecule has 2 N–H and O–H groups in total. The number of hydrogen-bond acceptors (Lipinski definition) is 6. The molecule has 4 fully saturated rings. The molecule has 2 bridgehead atoms. The average molecular weight is 484 g/mol. The number of piperazine rings is 1. The van der Waals surface area contributed by atoms with Crippen molar-refractivity contribution in [3.8, 4) is 5.75 Å². The van der Waals surface area contributed by atoms with E-state index in [0.29, 0.717) is 17.7 Å². The summed E-state index contributed by atoms with van der Waals surface area (Å²) in [5.41, 5.74) is 1.22. The van der Waals surface area contributed by atoms with E-state index in [1.807, 2.05) is 18.2 Å². The number of benzene rings is 1. The molecule has 4 atom stereocenters. The zero-order valence-electron chi connectivity index (χ0n) is 20.1. The van der Waals surface area contributed by atoms with Gasteiger partial charge in [0.25, 0.3) is 0 Å². The van der Waals surface area contributed by atoms with Crippen LogP contribution in [0.4, 0.5) is 5.69 Å². The number of nitrogens with one attached hydrogen (secondary N) is 2. The third-order valence-electron chi connectivity index (χ3n) is 7.81. The molecule has 7 nitrogen and oxygen atoms in total. The summed E-state index contributed by atoms with van der Waals surface area (Å²) in [5, 5.41) is 7.39. The van der Waals surface area contributed by atoms with Crippen molar-refractivity contribution in [1.82, 2.24) is 20.4 Å². The van der Waals surface area contributed by atoms with Gasteiger partial charge in [-0.05, 0) is 67.7 Å². The second-order valence-corrected chi connectivity index (χ2v) is 10.2. The number of rotatable bonds is 8. The Morgan fingerprint density at radius 1 is 1.09 bits per heavy atom. The van der Waals surface area contributed by atoms with Crippen molar-refractivity contribution < 1.29 is 9.15 Å². The average Bonchev–Trinajstić information content (AvgIpc) is 3.41. The number of furan rings is 1. The fraction of sp³-hybridized carbons (Fsp3) is 0.577. The Morgan fingerprint density at radius 2 is 1.94 bits per heavy atom. The second-order valence-electron chi connectivity index (χ2n) is 9.80. The van der Waals surface area contributed by atoms with Crippen molar-refractivity contribution >= 4 is 23.0 Å². The van der Waals surface area contributed by atoms with Crippen molar-refractivity contribution in [2.24, 2.45) is 11.8 Å². The lowest BCUT2D eigenvalue weighted by atomic mass is 9.75. The number of ether oxygens (including phenoxy) is 1. The molecule has 34 heavy (non-hydrogen) atoms. The van der Waals surface area contributed by atoms with Gasteiger partial charge in [0.05, 0.1) is 25.6 Å². The summed E-state index contributed by atoms with van der Waals surface area (Å²) in [4.78, 5) is 7.84. The van der Waals surface area contributed by atoms with E-state index in [2.05, 4.69) is 43.5 Å². The highest BCUT2D eigenvalue weighted by Crippen LogP contribution is 2.37. The maximum absolute atomic E-state index is 5.57. The van der Waals surface area contributed by atoms with Crippen LogP contribution in [0.2, 0.25) is 0 Å². The minimum Gasteiger partial charge on any atom is -0.495 e. The normalized spacial score (nSPS) is 26.9. The van der Waals surface area contributed by atoms with Crippen molar-refractivity contribution in [3.05, 3.63) is 48.4 Å². The predicted octanol–water partition coefficient (Wildman–Crippen LogP) is 2.78. The minimum atomic E-state index is 0.584. The van der Waals surface area contributed by atoms with Gasteiger partial charge in [-0.1, -0.05) is 12.1 Å². The van der Waals surface area contributed by atoms with E-state index in [1.54, 1.807) is 13.4 Å². The Bertz CT molecular complexity index is 931. The molecule has 0 radical (unpaired) electrons. The number of methoxy groups -OCH3 is 1. The van der Waals surface area contributed by atoms with Gasteiger partial charge in [0.2, 0.25) is 0 Å². The Balaban J connectivity index is 1.05. The third kappa shape index (κ3) is 5.50. The minimum absolute atomic E-state index is 0.584. The van der Waals surface area contributed by atoms with E-state index in [-0.39, 0.29) is 0 Å². The lowest BCUT2D eigenvalue weighted by Crippen LogP contribution is -2.59. The van der Waals surface area contributed by atoms with Crippen LogP contribution in [0.1, 0.15) is 18.6 Å². The molecule has 8 heteroatoms. The van der Waals surface area contributed by atoms with Gasteiger partial charge >= 0.3 is 0 Å². The van der Waals surface area contributed by atoms with E-state index < -0.39 is 0 Å². The number of hydrogen-bond donors (Lipinski definition) is 2. The lowest BCUT2D eigenvalue weighted by molar-refractivity contribution is -0.0110. The van der Waals surface area contributed by atoms with Crippen LogP contribution in [0.25, 0.3) is 0 Å². The molecule has 0 spiro atoms. The van der Waals surface area contributed by atoms with Crippen LogP contribution in [0.5, 0.6) is 5.75 Å². The molecule has 184 valence electrons.